The number of carbonyl (C=O) groups excluding carboxylic acids is 1. The molecule has 8 heteroatoms. The molecule has 0 spiro atoms. The lowest BCUT2D eigenvalue weighted by molar-refractivity contribution is -0.274. The molecule has 1 saturated heterocycles. The van der Waals surface area contributed by atoms with Crippen LogP contribution in [0.1, 0.15) is 11.6 Å². The molecule has 1 aliphatic heterocycles. The SMILES string of the molecule is CN1CCN(C(=O)Nc2cccc(OC(F)(F)F)c2)[C@@H](c2ccccc2)C1. The summed E-state index contributed by atoms with van der Waals surface area (Å²) < 4.78 is 41.0. The Morgan fingerprint density at radius 3 is 2.56 bits per heavy atom. The predicted molar refractivity (Wildman–Crippen MR) is 95.5 cm³/mol. The molecule has 0 radical (unpaired) electrons. The highest BCUT2D eigenvalue weighted by Gasteiger charge is 2.32. The number of nitrogens with zero attached hydrogens (tertiary/aromatic N) is 2. The van der Waals surface area contributed by atoms with Gasteiger partial charge in [0.15, 0.2) is 0 Å². The zero-order valence-electron chi connectivity index (χ0n) is 14.7. The summed E-state index contributed by atoms with van der Waals surface area (Å²) >= 11 is 0. The second kappa shape index (κ2) is 7.87. The first-order chi connectivity index (χ1) is 12.8. The van der Waals surface area contributed by atoms with Crippen LogP contribution < -0.4 is 10.1 Å². The van der Waals surface area contributed by atoms with Gasteiger partial charge >= 0.3 is 12.4 Å². The number of nitrogens with one attached hydrogen (secondary N) is 1. The van der Waals surface area contributed by atoms with Crippen molar-refractivity contribution >= 4 is 11.7 Å². The van der Waals surface area contributed by atoms with Crippen molar-refractivity contribution in [2.75, 3.05) is 32.0 Å². The van der Waals surface area contributed by atoms with Crippen LogP contribution in [-0.2, 0) is 0 Å². The standard InChI is InChI=1S/C19H20F3N3O2/c1-24-10-11-25(17(13-24)14-6-3-2-4-7-14)18(26)23-15-8-5-9-16(12-15)27-19(20,21)22/h2-9,12,17H,10-11,13H2,1H3,(H,23,26)/t17-/m1/s1. The number of halogens is 3. The van der Waals surface area contributed by atoms with Crippen molar-refractivity contribution in [3.8, 4) is 5.75 Å². The van der Waals surface area contributed by atoms with Crippen molar-refractivity contribution in [3.05, 3.63) is 60.2 Å². The number of rotatable bonds is 3. The van der Waals surface area contributed by atoms with Crippen LogP contribution in [0.4, 0.5) is 23.7 Å². The van der Waals surface area contributed by atoms with Gasteiger partial charge in [0, 0.05) is 31.4 Å². The van der Waals surface area contributed by atoms with E-state index in [2.05, 4.69) is 15.0 Å². The molecule has 0 aliphatic carbocycles. The third kappa shape index (κ3) is 5.13. The Morgan fingerprint density at radius 2 is 1.85 bits per heavy atom. The smallest absolute Gasteiger partial charge is 0.406 e. The monoisotopic (exact) mass is 379 g/mol. The molecule has 3 rings (SSSR count). The minimum Gasteiger partial charge on any atom is -0.406 e. The lowest BCUT2D eigenvalue weighted by atomic mass is 10.0. The first-order valence-electron chi connectivity index (χ1n) is 8.49. The molecule has 2 aromatic rings. The van der Waals surface area contributed by atoms with E-state index >= 15 is 0 Å². The normalized spacial score (nSPS) is 18.2. The molecule has 144 valence electrons. The number of hydrogen-bond donors (Lipinski definition) is 1. The number of carbonyl (C=O) groups is 1. The summed E-state index contributed by atoms with van der Waals surface area (Å²) in [5.74, 6) is -0.377. The molecule has 1 fully saturated rings. The molecule has 0 aromatic heterocycles. The van der Waals surface area contributed by atoms with Gasteiger partial charge in [0.1, 0.15) is 5.75 Å². The summed E-state index contributed by atoms with van der Waals surface area (Å²) in [5.41, 5.74) is 1.25. The van der Waals surface area contributed by atoms with E-state index in [0.29, 0.717) is 19.6 Å². The largest absolute Gasteiger partial charge is 0.573 e. The number of urea groups is 1. The molecule has 1 atom stereocenters. The topological polar surface area (TPSA) is 44.8 Å². The quantitative estimate of drug-likeness (QED) is 0.873. The Morgan fingerprint density at radius 1 is 1.11 bits per heavy atom. The first-order valence-corrected chi connectivity index (χ1v) is 8.49. The first kappa shape index (κ1) is 19.0. The molecule has 2 amide bonds. The van der Waals surface area contributed by atoms with Crippen molar-refractivity contribution in [1.82, 2.24) is 9.80 Å². The van der Waals surface area contributed by atoms with E-state index in [9.17, 15) is 18.0 Å². The molecule has 0 bridgehead atoms. The summed E-state index contributed by atoms with van der Waals surface area (Å²) in [6, 6.07) is 14.4. The number of benzene rings is 2. The van der Waals surface area contributed by atoms with Gasteiger partial charge in [-0.2, -0.15) is 0 Å². The maximum absolute atomic E-state index is 12.8. The van der Waals surface area contributed by atoms with Crippen LogP contribution in [-0.4, -0.2) is 48.9 Å². The van der Waals surface area contributed by atoms with E-state index in [0.717, 1.165) is 11.6 Å². The number of ether oxygens (including phenoxy) is 1. The molecule has 0 unspecified atom stereocenters. The predicted octanol–water partition coefficient (Wildman–Crippen LogP) is 4.11. The van der Waals surface area contributed by atoms with Crippen molar-refractivity contribution in [3.63, 3.8) is 0 Å². The Balaban J connectivity index is 1.75. The number of alkyl halides is 3. The maximum atomic E-state index is 12.8. The molecule has 5 nitrogen and oxygen atoms in total. The van der Waals surface area contributed by atoms with Gasteiger partial charge in [-0.15, -0.1) is 13.2 Å². The van der Waals surface area contributed by atoms with Crippen molar-refractivity contribution < 1.29 is 22.7 Å². The van der Waals surface area contributed by atoms with Gasteiger partial charge in [-0.1, -0.05) is 36.4 Å². The third-order valence-corrected chi connectivity index (χ3v) is 4.35. The highest BCUT2D eigenvalue weighted by atomic mass is 19.4. The maximum Gasteiger partial charge on any atom is 0.573 e. The van der Waals surface area contributed by atoms with Crippen molar-refractivity contribution in [2.24, 2.45) is 0 Å². The van der Waals surface area contributed by atoms with Crippen LogP contribution in [0, 0.1) is 0 Å². The zero-order chi connectivity index (χ0) is 19.4. The van der Waals surface area contributed by atoms with Crippen molar-refractivity contribution in [2.45, 2.75) is 12.4 Å². The minimum atomic E-state index is -4.78. The van der Waals surface area contributed by atoms with Crippen LogP contribution in [0.5, 0.6) is 5.75 Å². The van der Waals surface area contributed by atoms with Gasteiger partial charge < -0.3 is 19.9 Å². The minimum absolute atomic E-state index is 0.139. The van der Waals surface area contributed by atoms with E-state index < -0.39 is 6.36 Å². The fourth-order valence-electron chi connectivity index (χ4n) is 3.09. The van der Waals surface area contributed by atoms with E-state index in [1.54, 1.807) is 4.90 Å². The Bertz CT molecular complexity index is 783. The van der Waals surface area contributed by atoms with E-state index in [1.165, 1.54) is 18.2 Å². The average Bonchev–Trinajstić information content (AvgIpc) is 2.61. The number of likely N-dealkylation sites (N-methyl/N-ethyl adjacent to an activating group) is 1. The van der Waals surface area contributed by atoms with Crippen LogP contribution in [0.25, 0.3) is 0 Å². The molecule has 27 heavy (non-hydrogen) atoms. The van der Waals surface area contributed by atoms with Gasteiger partial charge in [-0.3, -0.25) is 0 Å². The van der Waals surface area contributed by atoms with Crippen LogP contribution in [0.15, 0.2) is 54.6 Å². The summed E-state index contributed by atoms with van der Waals surface area (Å²) in [5, 5.41) is 2.67. The number of piperazine rings is 1. The van der Waals surface area contributed by atoms with Crippen LogP contribution >= 0.6 is 0 Å². The van der Waals surface area contributed by atoms with Crippen LogP contribution in [0.2, 0.25) is 0 Å². The van der Waals surface area contributed by atoms with E-state index in [-0.39, 0.29) is 23.5 Å². The lowest BCUT2D eigenvalue weighted by Gasteiger charge is -2.40. The third-order valence-electron chi connectivity index (χ3n) is 4.35. The Kier molecular flexibility index (Phi) is 5.55. The summed E-state index contributed by atoms with van der Waals surface area (Å²) in [4.78, 5) is 16.6. The van der Waals surface area contributed by atoms with E-state index in [1.807, 2.05) is 37.4 Å². The second-order valence-electron chi connectivity index (χ2n) is 6.39. The van der Waals surface area contributed by atoms with Crippen molar-refractivity contribution in [1.29, 1.82) is 0 Å². The number of anilines is 1. The summed E-state index contributed by atoms with van der Waals surface area (Å²) in [7, 11) is 1.99. The van der Waals surface area contributed by atoms with E-state index in [4.69, 9.17) is 0 Å². The van der Waals surface area contributed by atoms with Gasteiger partial charge in [-0.05, 0) is 24.7 Å². The van der Waals surface area contributed by atoms with Crippen LogP contribution in [0.3, 0.4) is 0 Å². The van der Waals surface area contributed by atoms with Gasteiger partial charge in [0.05, 0.1) is 6.04 Å². The van der Waals surface area contributed by atoms with Gasteiger partial charge in [-0.25, -0.2) is 4.79 Å². The Hall–Kier alpha value is -2.74. The molecule has 1 N–H and O–H groups in total. The summed E-state index contributed by atoms with van der Waals surface area (Å²) in [6.45, 7) is 1.91. The molecule has 2 aromatic carbocycles. The molecular formula is C19H20F3N3O2. The summed E-state index contributed by atoms with van der Waals surface area (Å²) in [6.07, 6.45) is -4.78. The number of amides is 2. The average molecular weight is 379 g/mol. The number of hydrogen-bond acceptors (Lipinski definition) is 3. The highest BCUT2D eigenvalue weighted by molar-refractivity contribution is 5.90. The fraction of sp³-hybridized carbons (Fsp3) is 0.316. The molecule has 1 aliphatic rings. The van der Waals surface area contributed by atoms with Gasteiger partial charge in [0.25, 0.3) is 0 Å². The molecule has 0 saturated carbocycles. The Labute approximate surface area is 155 Å². The zero-order valence-corrected chi connectivity index (χ0v) is 14.7. The fourth-order valence-corrected chi connectivity index (χ4v) is 3.09. The molecular weight excluding hydrogens is 359 g/mol. The van der Waals surface area contributed by atoms with Gasteiger partial charge in [0.2, 0.25) is 0 Å². The highest BCUT2D eigenvalue weighted by Crippen LogP contribution is 2.28. The molecule has 1 heterocycles. The lowest BCUT2D eigenvalue weighted by Crippen LogP contribution is -2.50. The second-order valence-corrected chi connectivity index (χ2v) is 6.39.